The minimum absolute atomic E-state index is 0.124. The summed E-state index contributed by atoms with van der Waals surface area (Å²) < 4.78 is 81.9. The third-order valence-corrected chi connectivity index (χ3v) is 24.1. The Bertz CT molecular complexity index is 5260. The van der Waals surface area contributed by atoms with Crippen LogP contribution in [0.4, 0.5) is 0 Å². The summed E-state index contributed by atoms with van der Waals surface area (Å²) >= 11 is 0. The zero-order valence-corrected chi connectivity index (χ0v) is 59.8. The first kappa shape index (κ1) is 66.5. The lowest BCUT2D eigenvalue weighted by Crippen LogP contribution is -2.26. The number of hydrogen-bond acceptors (Lipinski definition) is 11. The number of aryl methyl sites for hydroxylation is 7. The standard InChI is InChI=1S/C87H78O11P2/c1-52-28-39-79(83(40-52)100(90)81-27-19-15-23-73(81)71-21-13-17-25-78(71)98-100)92-49-64-31-35-66(36-32-64)51-94-85-55(4)43-69(44-56(85)5)96-87-58(7)46-75(60(9)62(87)11)74-45-57(6)86(61(10)59(74)8)95-68-41-53(2)84(54(3)42-68)93-50-65-33-29-63(30-34-65)48-91-67-37-38-76(88)82(47-67)99(89)80-26-18-14-22-72(80)70-20-12-16-24-77(70)97-99/h12-47,88H,48-51H2,1-11H3. The van der Waals surface area contributed by atoms with E-state index in [9.17, 15) is 9.67 Å². The summed E-state index contributed by atoms with van der Waals surface area (Å²) in [6, 6.07) is 70.0. The molecule has 100 heavy (non-hydrogen) atoms. The molecule has 14 rings (SSSR count). The molecule has 2 heterocycles. The average Bonchev–Trinajstić information content (AvgIpc) is 0.721. The number of rotatable bonds is 19. The topological polar surface area (TPSA) is 128 Å². The predicted molar refractivity (Wildman–Crippen MR) is 401 cm³/mol. The highest BCUT2D eigenvalue weighted by Crippen LogP contribution is 2.57. The fourth-order valence-corrected chi connectivity index (χ4v) is 18.6. The van der Waals surface area contributed by atoms with Gasteiger partial charge in [-0.05, 0) is 273 Å². The SMILES string of the molecule is Cc1ccc(OCc2ccc(COc3c(C)cc(Oc4c(C)cc(-c5cc(C)c(Oc6cc(C)c(OCc7ccc(COc8ccc(O)c(P9(=O)Oc%10ccccc%10-c%10ccccc%109)c8)cc7)c(C)c6)c(C)c5C)c(C)c4C)cc3C)cc2)c(P2(=O)Oc3ccccc3-c3ccccc32)c1. The van der Waals surface area contributed by atoms with Crippen molar-refractivity contribution < 1.29 is 51.7 Å². The van der Waals surface area contributed by atoms with E-state index in [4.69, 9.17) is 37.5 Å². The molecule has 2 aliphatic rings. The molecule has 1 N–H and O–H groups in total. The number of para-hydroxylation sites is 2. The van der Waals surface area contributed by atoms with Crippen molar-refractivity contribution in [3.63, 3.8) is 0 Å². The van der Waals surface area contributed by atoms with Gasteiger partial charge in [0, 0.05) is 11.1 Å². The molecule has 0 aromatic heterocycles. The van der Waals surface area contributed by atoms with Gasteiger partial charge in [-0.15, -0.1) is 0 Å². The van der Waals surface area contributed by atoms with Crippen LogP contribution in [0.25, 0.3) is 33.4 Å². The molecule has 13 heteroatoms. The van der Waals surface area contributed by atoms with Gasteiger partial charge in [0.05, 0.1) is 21.2 Å². The Hall–Kier alpha value is -10.7. The molecule has 502 valence electrons. The maximum Gasteiger partial charge on any atom is 0.311 e. The molecule has 12 aromatic rings. The summed E-state index contributed by atoms with van der Waals surface area (Å²) in [5, 5.41) is 13.0. The molecular weight excluding hydrogens is 1280 g/mol. The number of phenols is 1. The zero-order valence-electron chi connectivity index (χ0n) is 58.0. The molecule has 0 fully saturated rings. The molecular formula is C87H78O11P2. The zero-order chi connectivity index (χ0) is 69.7. The van der Waals surface area contributed by atoms with Crippen molar-refractivity contribution in [3.05, 3.63) is 302 Å². The quantitative estimate of drug-likeness (QED) is 0.0777. The van der Waals surface area contributed by atoms with Crippen LogP contribution < -0.4 is 58.7 Å². The van der Waals surface area contributed by atoms with Crippen LogP contribution in [0.5, 0.6) is 63.2 Å². The van der Waals surface area contributed by atoms with Crippen molar-refractivity contribution in [2.75, 3.05) is 0 Å². The molecule has 11 nitrogen and oxygen atoms in total. The fraction of sp³-hybridized carbons (Fsp3) is 0.172. The summed E-state index contributed by atoms with van der Waals surface area (Å²) in [5.41, 5.74) is 21.0. The van der Waals surface area contributed by atoms with Gasteiger partial charge in [-0.3, -0.25) is 9.13 Å². The Balaban J connectivity index is 0.585. The highest BCUT2D eigenvalue weighted by Gasteiger charge is 2.42. The van der Waals surface area contributed by atoms with Crippen molar-refractivity contribution in [2.24, 2.45) is 0 Å². The van der Waals surface area contributed by atoms with Crippen LogP contribution >= 0.6 is 14.7 Å². The number of aromatic hydroxyl groups is 1. The first-order valence-electron chi connectivity index (χ1n) is 33.6. The Labute approximate surface area is 585 Å². The first-order valence-corrected chi connectivity index (χ1v) is 36.9. The van der Waals surface area contributed by atoms with Gasteiger partial charge >= 0.3 is 14.7 Å². The van der Waals surface area contributed by atoms with Gasteiger partial charge in [-0.2, -0.15) is 0 Å². The monoisotopic (exact) mass is 1360 g/mol. The van der Waals surface area contributed by atoms with Crippen LogP contribution in [-0.2, 0) is 35.6 Å². The van der Waals surface area contributed by atoms with Crippen LogP contribution in [0.15, 0.2) is 218 Å². The summed E-state index contributed by atoms with van der Waals surface area (Å²) in [7, 11) is -7.30. The predicted octanol–water partition coefficient (Wildman–Crippen LogP) is 20.9. The van der Waals surface area contributed by atoms with Crippen LogP contribution in [-0.4, -0.2) is 5.11 Å². The molecule has 0 saturated heterocycles. The van der Waals surface area contributed by atoms with E-state index in [1.165, 1.54) is 6.07 Å². The van der Waals surface area contributed by atoms with Gasteiger partial charge in [0.15, 0.2) is 0 Å². The molecule has 2 unspecified atom stereocenters. The maximum absolute atomic E-state index is 15.1. The van der Waals surface area contributed by atoms with Crippen LogP contribution in [0.3, 0.4) is 0 Å². The second-order valence-corrected chi connectivity index (χ2v) is 30.8. The third kappa shape index (κ3) is 12.8. The van der Waals surface area contributed by atoms with Gasteiger partial charge < -0.3 is 42.6 Å². The number of fused-ring (bicyclic) bond motifs is 6. The van der Waals surface area contributed by atoms with E-state index >= 15 is 4.57 Å². The summed E-state index contributed by atoms with van der Waals surface area (Å²) in [6.45, 7) is 24.3. The Morgan fingerprint density at radius 2 is 0.690 bits per heavy atom. The lowest BCUT2D eigenvalue weighted by atomic mass is 9.88. The van der Waals surface area contributed by atoms with E-state index in [1.807, 2.05) is 185 Å². The third-order valence-electron chi connectivity index (χ3n) is 19.2. The van der Waals surface area contributed by atoms with E-state index < -0.39 is 14.7 Å². The largest absolute Gasteiger partial charge is 0.507 e. The molecule has 0 spiro atoms. The number of benzene rings is 12. The minimum atomic E-state index is -3.73. The van der Waals surface area contributed by atoms with Crippen molar-refractivity contribution >= 4 is 36.0 Å². The van der Waals surface area contributed by atoms with Crippen LogP contribution in [0, 0.1) is 76.2 Å². The van der Waals surface area contributed by atoms with Crippen molar-refractivity contribution in [1.82, 2.24) is 0 Å². The molecule has 2 aliphatic heterocycles. The van der Waals surface area contributed by atoms with Crippen molar-refractivity contribution in [1.29, 1.82) is 0 Å². The van der Waals surface area contributed by atoms with Crippen molar-refractivity contribution in [3.8, 4) is 96.6 Å². The second kappa shape index (κ2) is 27.2. The van der Waals surface area contributed by atoms with Gasteiger partial charge in [0.25, 0.3) is 0 Å². The molecule has 0 radical (unpaired) electrons. The summed E-state index contributed by atoms with van der Waals surface area (Å²) in [4.78, 5) is 0. The van der Waals surface area contributed by atoms with Crippen molar-refractivity contribution in [2.45, 2.75) is 103 Å². The van der Waals surface area contributed by atoms with Gasteiger partial charge in [0.1, 0.15) is 89.7 Å². The average molecular weight is 1360 g/mol. The lowest BCUT2D eigenvalue weighted by Gasteiger charge is -2.30. The lowest BCUT2D eigenvalue weighted by molar-refractivity contribution is 0.299. The van der Waals surface area contributed by atoms with Crippen LogP contribution in [0.2, 0.25) is 0 Å². The van der Waals surface area contributed by atoms with Gasteiger partial charge in [0.2, 0.25) is 0 Å². The molecule has 0 saturated carbocycles. The molecule has 0 bridgehead atoms. The highest BCUT2D eigenvalue weighted by atomic mass is 31.2. The van der Waals surface area contributed by atoms with E-state index in [-0.39, 0.29) is 24.3 Å². The first-order chi connectivity index (χ1) is 48.2. The maximum atomic E-state index is 15.1. The highest BCUT2D eigenvalue weighted by molar-refractivity contribution is 7.75. The van der Waals surface area contributed by atoms with E-state index in [0.717, 1.165) is 151 Å². The number of hydrogen-bond donors (Lipinski definition) is 1. The van der Waals surface area contributed by atoms with Gasteiger partial charge in [-0.25, -0.2) is 0 Å². The minimum Gasteiger partial charge on any atom is -0.507 e. The number of phenolic OH excluding ortho intramolecular Hbond substituents is 1. The normalized spacial score (nSPS) is 14.9. The van der Waals surface area contributed by atoms with Gasteiger partial charge in [-0.1, -0.05) is 127 Å². The Kier molecular flexibility index (Phi) is 18.1. The number of ether oxygens (including phenoxy) is 6. The molecule has 12 aromatic carbocycles. The summed E-state index contributed by atoms with van der Waals surface area (Å²) in [5.74, 6) is 6.73. The Morgan fingerprint density at radius 1 is 0.310 bits per heavy atom. The molecule has 2 atom stereocenters. The van der Waals surface area contributed by atoms with E-state index in [0.29, 0.717) is 52.1 Å². The van der Waals surface area contributed by atoms with E-state index in [2.05, 4.69) is 79.7 Å². The van der Waals surface area contributed by atoms with E-state index in [1.54, 1.807) is 24.3 Å². The second-order valence-electron chi connectivity index (χ2n) is 26.3. The fourth-order valence-electron chi connectivity index (χ4n) is 13.7. The summed E-state index contributed by atoms with van der Waals surface area (Å²) in [6.07, 6.45) is 0. The molecule has 0 amide bonds. The smallest absolute Gasteiger partial charge is 0.311 e. The molecule has 0 aliphatic carbocycles. The Morgan fingerprint density at radius 3 is 1.14 bits per heavy atom. The van der Waals surface area contributed by atoms with Crippen LogP contribution in [0.1, 0.15) is 83.5 Å².